The number of benzene rings is 1. The standard InChI is InChI=1S/C23H29N3O5/c1-5-31-22(28)17-12-25(15-7-8-15)19-14(2)20(24-10-6-9-23(3,4)13-24)18(26(29)30)11-16(19)21(17)27/h11-12,15H,5-10,13H2,1-4H3. The minimum absolute atomic E-state index is 0.0530. The number of aryl methyl sites for hydroxylation is 1. The maximum Gasteiger partial charge on any atom is 0.343 e. The van der Waals surface area contributed by atoms with Crippen LogP contribution in [0.5, 0.6) is 0 Å². The van der Waals surface area contributed by atoms with Crippen molar-refractivity contribution in [1.82, 2.24) is 4.57 Å². The summed E-state index contributed by atoms with van der Waals surface area (Å²) in [6.07, 6.45) is 5.51. The predicted molar refractivity (Wildman–Crippen MR) is 119 cm³/mol. The van der Waals surface area contributed by atoms with Gasteiger partial charge in [0.2, 0.25) is 5.43 Å². The van der Waals surface area contributed by atoms with E-state index in [-0.39, 0.29) is 34.7 Å². The minimum atomic E-state index is -0.689. The number of fused-ring (bicyclic) bond motifs is 1. The number of carbonyl (C=O) groups is 1. The van der Waals surface area contributed by atoms with Crippen molar-refractivity contribution in [3.63, 3.8) is 0 Å². The molecule has 1 aliphatic heterocycles. The molecule has 0 bridgehead atoms. The molecule has 8 heteroatoms. The molecule has 0 unspecified atom stereocenters. The van der Waals surface area contributed by atoms with Gasteiger partial charge in [0.15, 0.2) is 0 Å². The lowest BCUT2D eigenvalue weighted by atomic mass is 9.83. The summed E-state index contributed by atoms with van der Waals surface area (Å²) in [7, 11) is 0. The molecule has 8 nitrogen and oxygen atoms in total. The van der Waals surface area contributed by atoms with Gasteiger partial charge in [0.1, 0.15) is 11.3 Å². The third kappa shape index (κ3) is 3.79. The summed E-state index contributed by atoms with van der Waals surface area (Å²) in [6.45, 7) is 9.50. The number of rotatable bonds is 5. The van der Waals surface area contributed by atoms with Crippen molar-refractivity contribution in [1.29, 1.82) is 0 Å². The molecule has 2 fully saturated rings. The number of ether oxygens (including phenoxy) is 1. The van der Waals surface area contributed by atoms with Crippen molar-refractivity contribution in [3.05, 3.63) is 43.7 Å². The van der Waals surface area contributed by atoms with Crippen molar-refractivity contribution in [2.24, 2.45) is 5.41 Å². The molecule has 2 aromatic rings. The number of esters is 1. The first-order chi connectivity index (χ1) is 14.6. The highest BCUT2D eigenvalue weighted by molar-refractivity contribution is 5.98. The zero-order chi connectivity index (χ0) is 22.5. The number of hydrogen-bond acceptors (Lipinski definition) is 6. The fourth-order valence-corrected chi connectivity index (χ4v) is 4.84. The van der Waals surface area contributed by atoms with Gasteiger partial charge in [0, 0.05) is 37.0 Å². The van der Waals surface area contributed by atoms with Gasteiger partial charge < -0.3 is 14.2 Å². The van der Waals surface area contributed by atoms with Crippen LogP contribution in [0.2, 0.25) is 0 Å². The molecule has 1 aromatic heterocycles. The molecule has 0 amide bonds. The molecular weight excluding hydrogens is 398 g/mol. The lowest BCUT2D eigenvalue weighted by Crippen LogP contribution is -2.40. The molecule has 0 atom stereocenters. The zero-order valence-electron chi connectivity index (χ0n) is 18.6. The van der Waals surface area contributed by atoms with E-state index in [1.807, 2.05) is 11.5 Å². The SMILES string of the molecule is CCOC(=O)c1cn(C2CC2)c2c(C)c(N3CCCC(C)(C)C3)c([N+](=O)[O-])cc2c1=O. The molecular formula is C23H29N3O5. The molecule has 1 aliphatic carbocycles. The van der Waals surface area contributed by atoms with Crippen LogP contribution in [0.3, 0.4) is 0 Å². The molecule has 0 radical (unpaired) electrons. The number of anilines is 1. The molecule has 166 valence electrons. The van der Waals surface area contributed by atoms with Gasteiger partial charge in [0.05, 0.1) is 22.4 Å². The Morgan fingerprint density at radius 3 is 2.65 bits per heavy atom. The van der Waals surface area contributed by atoms with Crippen LogP contribution in [0.4, 0.5) is 11.4 Å². The van der Waals surface area contributed by atoms with Gasteiger partial charge in [-0.3, -0.25) is 14.9 Å². The van der Waals surface area contributed by atoms with Gasteiger partial charge in [-0.25, -0.2) is 4.79 Å². The molecule has 1 saturated carbocycles. The van der Waals surface area contributed by atoms with Crippen LogP contribution in [0.25, 0.3) is 10.9 Å². The van der Waals surface area contributed by atoms with E-state index in [0.717, 1.165) is 44.3 Å². The summed E-state index contributed by atoms with van der Waals surface area (Å²) in [4.78, 5) is 39.4. The highest BCUT2D eigenvalue weighted by Crippen LogP contribution is 2.44. The van der Waals surface area contributed by atoms with Gasteiger partial charge in [-0.2, -0.15) is 0 Å². The Bertz CT molecular complexity index is 1130. The van der Waals surface area contributed by atoms with Gasteiger partial charge in [0.25, 0.3) is 5.69 Å². The lowest BCUT2D eigenvalue weighted by Gasteiger charge is -2.40. The van der Waals surface area contributed by atoms with Crippen LogP contribution in [0.15, 0.2) is 17.1 Å². The van der Waals surface area contributed by atoms with Gasteiger partial charge in [-0.15, -0.1) is 0 Å². The largest absolute Gasteiger partial charge is 0.462 e. The number of nitro groups is 1. The topological polar surface area (TPSA) is 94.7 Å². The Balaban J connectivity index is 2.02. The first-order valence-corrected chi connectivity index (χ1v) is 10.9. The van der Waals surface area contributed by atoms with Crippen molar-refractivity contribution in [3.8, 4) is 0 Å². The van der Waals surface area contributed by atoms with Crippen molar-refractivity contribution in [2.75, 3.05) is 24.6 Å². The maximum atomic E-state index is 13.2. The van der Waals surface area contributed by atoms with Gasteiger partial charge in [-0.05, 0) is 44.9 Å². The fourth-order valence-electron chi connectivity index (χ4n) is 4.84. The van der Waals surface area contributed by atoms with Crippen molar-refractivity contribution < 1.29 is 14.5 Å². The summed E-state index contributed by atoms with van der Waals surface area (Å²) in [5, 5.41) is 12.3. The van der Waals surface area contributed by atoms with Gasteiger partial charge in [-0.1, -0.05) is 13.8 Å². The van der Waals surface area contributed by atoms with E-state index in [9.17, 15) is 19.7 Å². The molecule has 1 aromatic carbocycles. The van der Waals surface area contributed by atoms with Crippen LogP contribution in [0, 0.1) is 22.5 Å². The Hall–Kier alpha value is -2.90. The first-order valence-electron chi connectivity index (χ1n) is 10.9. The Labute approximate surface area is 180 Å². The van der Waals surface area contributed by atoms with E-state index in [4.69, 9.17) is 4.74 Å². The normalized spacial score (nSPS) is 18.3. The average Bonchev–Trinajstić information content (AvgIpc) is 3.52. The fraction of sp³-hybridized carbons (Fsp3) is 0.565. The van der Waals surface area contributed by atoms with E-state index in [2.05, 4.69) is 18.7 Å². The molecule has 2 heterocycles. The van der Waals surface area contributed by atoms with Crippen LogP contribution < -0.4 is 10.3 Å². The second-order valence-electron chi connectivity index (χ2n) is 9.44. The molecule has 4 rings (SSSR count). The monoisotopic (exact) mass is 427 g/mol. The van der Waals surface area contributed by atoms with E-state index in [1.165, 1.54) is 6.07 Å². The third-order valence-corrected chi connectivity index (χ3v) is 6.35. The van der Waals surface area contributed by atoms with Crippen LogP contribution >= 0.6 is 0 Å². The Morgan fingerprint density at radius 1 is 1.35 bits per heavy atom. The quantitative estimate of drug-likeness (QED) is 0.400. The Morgan fingerprint density at radius 2 is 2.06 bits per heavy atom. The molecule has 2 aliphatic rings. The van der Waals surface area contributed by atoms with Crippen LogP contribution in [0.1, 0.15) is 68.4 Å². The highest BCUT2D eigenvalue weighted by Gasteiger charge is 2.35. The number of pyridine rings is 1. The molecule has 0 spiro atoms. The number of piperidine rings is 1. The molecule has 31 heavy (non-hydrogen) atoms. The van der Waals surface area contributed by atoms with E-state index < -0.39 is 16.3 Å². The lowest BCUT2D eigenvalue weighted by molar-refractivity contribution is -0.384. The smallest absolute Gasteiger partial charge is 0.343 e. The van der Waals surface area contributed by atoms with E-state index in [1.54, 1.807) is 13.1 Å². The van der Waals surface area contributed by atoms with Gasteiger partial charge >= 0.3 is 5.97 Å². The predicted octanol–water partition coefficient (Wildman–Crippen LogP) is 4.36. The number of hydrogen-bond donors (Lipinski definition) is 0. The summed E-state index contributed by atoms with van der Waals surface area (Å²) < 4.78 is 7.03. The number of aromatic nitrogens is 1. The van der Waals surface area contributed by atoms with Crippen LogP contribution in [-0.4, -0.2) is 35.2 Å². The zero-order valence-corrected chi connectivity index (χ0v) is 18.6. The third-order valence-electron chi connectivity index (χ3n) is 6.35. The second kappa shape index (κ2) is 7.66. The Kier molecular flexibility index (Phi) is 5.27. The first kappa shape index (κ1) is 21.3. The van der Waals surface area contributed by atoms with E-state index >= 15 is 0 Å². The average molecular weight is 428 g/mol. The number of nitro benzene ring substituents is 1. The minimum Gasteiger partial charge on any atom is -0.462 e. The van der Waals surface area contributed by atoms with Crippen molar-refractivity contribution >= 4 is 28.2 Å². The molecule has 0 N–H and O–H groups in total. The second-order valence-corrected chi connectivity index (χ2v) is 9.44. The summed E-state index contributed by atoms with van der Waals surface area (Å²) in [6, 6.07) is 1.55. The number of carbonyl (C=O) groups excluding carboxylic acids is 1. The summed E-state index contributed by atoms with van der Waals surface area (Å²) in [5.74, 6) is -0.689. The summed E-state index contributed by atoms with van der Waals surface area (Å²) >= 11 is 0. The maximum absolute atomic E-state index is 13.2. The van der Waals surface area contributed by atoms with E-state index in [0.29, 0.717) is 11.2 Å². The van der Waals surface area contributed by atoms with Crippen LogP contribution in [-0.2, 0) is 4.74 Å². The molecule has 1 saturated heterocycles. The van der Waals surface area contributed by atoms with Crippen molar-refractivity contribution in [2.45, 2.75) is 59.4 Å². The number of nitrogens with zero attached hydrogens (tertiary/aromatic N) is 3. The highest BCUT2D eigenvalue weighted by atomic mass is 16.6. The summed E-state index contributed by atoms with van der Waals surface area (Å²) in [5.41, 5.74) is 1.39.